The maximum Gasteiger partial charge on any atom is 0.341 e. The molecule has 0 amide bonds. The number of hydrogen-bond acceptors (Lipinski definition) is 5. The fraction of sp³-hybridized carbons (Fsp3) is 0.0769. The lowest BCUT2D eigenvalue weighted by Crippen LogP contribution is -2.04. The fourth-order valence-corrected chi connectivity index (χ4v) is 1.63. The van der Waals surface area contributed by atoms with E-state index >= 15 is 0 Å². The van der Waals surface area contributed by atoms with Gasteiger partial charge in [0.1, 0.15) is 28.7 Å². The summed E-state index contributed by atoms with van der Waals surface area (Å²) in [5, 5.41) is 0.193. The second-order valence-corrected chi connectivity index (χ2v) is 4.18. The first kappa shape index (κ1) is 14.1. The number of halogens is 2. The summed E-state index contributed by atoms with van der Waals surface area (Å²) < 4.78 is 23.3. The minimum Gasteiger partial charge on any atom is -0.465 e. The first-order valence-corrected chi connectivity index (χ1v) is 5.86. The number of nitrogens with zero attached hydrogens (tertiary/aromatic N) is 1. The lowest BCUT2D eigenvalue weighted by atomic mass is 10.2. The van der Waals surface area contributed by atoms with E-state index in [4.69, 9.17) is 22.1 Å². The predicted octanol–water partition coefficient (Wildman–Crippen LogP) is 3.04. The number of carbonyl (C=O) groups excluding carboxylic acids is 1. The molecule has 0 aliphatic heterocycles. The smallest absolute Gasteiger partial charge is 0.341 e. The van der Waals surface area contributed by atoms with E-state index in [1.54, 1.807) is 0 Å². The quantitative estimate of drug-likeness (QED) is 0.881. The summed E-state index contributed by atoms with van der Waals surface area (Å²) >= 11 is 5.81. The monoisotopic (exact) mass is 296 g/mol. The Balaban J connectivity index is 2.38. The van der Waals surface area contributed by atoms with Crippen molar-refractivity contribution in [2.75, 3.05) is 12.8 Å². The molecule has 0 fully saturated rings. The first-order chi connectivity index (χ1) is 9.51. The van der Waals surface area contributed by atoms with Gasteiger partial charge in [0.25, 0.3) is 0 Å². The lowest BCUT2D eigenvalue weighted by molar-refractivity contribution is 0.0598. The topological polar surface area (TPSA) is 74.4 Å². The van der Waals surface area contributed by atoms with Crippen LogP contribution in [0.2, 0.25) is 5.02 Å². The number of esters is 1. The number of pyridine rings is 1. The van der Waals surface area contributed by atoms with E-state index in [2.05, 4.69) is 9.72 Å². The Morgan fingerprint density at radius 3 is 2.80 bits per heavy atom. The molecular weight excluding hydrogens is 287 g/mol. The van der Waals surface area contributed by atoms with Gasteiger partial charge in [-0.25, -0.2) is 14.2 Å². The standard InChI is InChI=1S/C13H10ClFN2O3/c1-19-13(18)9-3-2-7(15)4-11(9)20-8-5-10(14)12(16)17-6-8/h2-6H,1H3,(H2,16,17). The second-order valence-electron chi connectivity index (χ2n) is 3.77. The fourth-order valence-electron chi connectivity index (χ4n) is 1.47. The number of hydrogen-bond donors (Lipinski definition) is 1. The maximum absolute atomic E-state index is 13.3. The number of carbonyl (C=O) groups is 1. The van der Waals surface area contributed by atoms with Crippen molar-refractivity contribution in [3.05, 3.63) is 46.9 Å². The number of methoxy groups -OCH3 is 1. The first-order valence-electron chi connectivity index (χ1n) is 5.48. The minimum absolute atomic E-state index is 0.000474. The third-order valence-corrected chi connectivity index (χ3v) is 2.72. The van der Waals surface area contributed by atoms with E-state index in [0.717, 1.165) is 12.1 Å². The molecule has 20 heavy (non-hydrogen) atoms. The lowest BCUT2D eigenvalue weighted by Gasteiger charge is -2.10. The molecule has 0 bridgehead atoms. The van der Waals surface area contributed by atoms with Crippen molar-refractivity contribution in [3.63, 3.8) is 0 Å². The van der Waals surface area contributed by atoms with Gasteiger partial charge in [-0.2, -0.15) is 0 Å². The van der Waals surface area contributed by atoms with Crippen LogP contribution in [0.4, 0.5) is 10.2 Å². The van der Waals surface area contributed by atoms with Crippen LogP contribution in [-0.4, -0.2) is 18.1 Å². The Hall–Kier alpha value is -2.34. The largest absolute Gasteiger partial charge is 0.465 e. The minimum atomic E-state index is -0.644. The van der Waals surface area contributed by atoms with Gasteiger partial charge in [-0.3, -0.25) is 0 Å². The highest BCUT2D eigenvalue weighted by molar-refractivity contribution is 6.32. The van der Waals surface area contributed by atoms with Crippen LogP contribution in [0.25, 0.3) is 0 Å². The van der Waals surface area contributed by atoms with Crippen LogP contribution in [-0.2, 0) is 4.74 Å². The number of anilines is 1. The van der Waals surface area contributed by atoms with Gasteiger partial charge in [-0.05, 0) is 12.1 Å². The van der Waals surface area contributed by atoms with Crippen molar-refractivity contribution < 1.29 is 18.7 Å². The molecule has 0 spiro atoms. The van der Waals surface area contributed by atoms with Crippen LogP contribution in [0.15, 0.2) is 30.5 Å². The highest BCUT2D eigenvalue weighted by Crippen LogP contribution is 2.29. The summed E-state index contributed by atoms with van der Waals surface area (Å²) in [4.78, 5) is 15.4. The van der Waals surface area contributed by atoms with Gasteiger partial charge in [0, 0.05) is 12.1 Å². The molecule has 5 nitrogen and oxygen atoms in total. The van der Waals surface area contributed by atoms with E-state index < -0.39 is 11.8 Å². The number of rotatable bonds is 3. The van der Waals surface area contributed by atoms with E-state index in [-0.39, 0.29) is 27.9 Å². The number of ether oxygens (including phenoxy) is 2. The molecule has 0 saturated carbocycles. The molecule has 0 aliphatic carbocycles. The zero-order valence-electron chi connectivity index (χ0n) is 10.4. The SMILES string of the molecule is COC(=O)c1ccc(F)cc1Oc1cnc(N)c(Cl)c1. The zero-order valence-corrected chi connectivity index (χ0v) is 11.1. The van der Waals surface area contributed by atoms with Crippen molar-refractivity contribution in [2.24, 2.45) is 0 Å². The van der Waals surface area contributed by atoms with Gasteiger partial charge in [0.05, 0.1) is 18.3 Å². The molecule has 0 aliphatic rings. The van der Waals surface area contributed by atoms with Gasteiger partial charge in [0.2, 0.25) is 0 Å². The van der Waals surface area contributed by atoms with E-state index in [0.29, 0.717) is 0 Å². The van der Waals surface area contributed by atoms with Gasteiger partial charge in [-0.15, -0.1) is 0 Å². The average molecular weight is 297 g/mol. The van der Waals surface area contributed by atoms with Crippen LogP contribution in [0.1, 0.15) is 10.4 Å². The summed E-state index contributed by atoms with van der Waals surface area (Å²) in [6, 6.07) is 4.88. The van der Waals surface area contributed by atoms with Crippen LogP contribution in [0.5, 0.6) is 11.5 Å². The highest BCUT2D eigenvalue weighted by atomic mass is 35.5. The molecule has 2 N–H and O–H groups in total. The van der Waals surface area contributed by atoms with Crippen LogP contribution >= 0.6 is 11.6 Å². The Labute approximate surface area is 119 Å². The third kappa shape index (κ3) is 2.97. The van der Waals surface area contributed by atoms with Crippen molar-refractivity contribution in [3.8, 4) is 11.5 Å². The van der Waals surface area contributed by atoms with Crippen LogP contribution in [0.3, 0.4) is 0 Å². The molecule has 7 heteroatoms. The van der Waals surface area contributed by atoms with Crippen LogP contribution < -0.4 is 10.5 Å². The summed E-state index contributed by atoms with van der Waals surface area (Å²) in [6.45, 7) is 0. The normalized spacial score (nSPS) is 10.2. The number of nitrogens with two attached hydrogens (primary N) is 1. The molecule has 0 unspecified atom stereocenters. The van der Waals surface area contributed by atoms with Crippen molar-refractivity contribution in [1.29, 1.82) is 0 Å². The van der Waals surface area contributed by atoms with E-state index in [1.807, 2.05) is 0 Å². The van der Waals surface area contributed by atoms with Crippen molar-refractivity contribution >= 4 is 23.4 Å². The van der Waals surface area contributed by atoms with E-state index in [1.165, 1.54) is 25.4 Å². The number of aromatic nitrogens is 1. The molecule has 1 heterocycles. The maximum atomic E-state index is 13.3. The number of benzene rings is 1. The molecule has 1 aromatic heterocycles. The highest BCUT2D eigenvalue weighted by Gasteiger charge is 2.15. The van der Waals surface area contributed by atoms with Gasteiger partial charge in [0.15, 0.2) is 0 Å². The Morgan fingerprint density at radius 2 is 2.15 bits per heavy atom. The molecule has 1 aromatic carbocycles. The second kappa shape index (κ2) is 5.75. The molecule has 104 valence electrons. The summed E-state index contributed by atoms with van der Waals surface area (Å²) in [7, 11) is 1.22. The molecule has 2 aromatic rings. The predicted molar refractivity (Wildman–Crippen MR) is 71.5 cm³/mol. The Bertz CT molecular complexity index is 664. The number of nitrogen functional groups attached to an aromatic ring is 1. The van der Waals surface area contributed by atoms with Crippen molar-refractivity contribution in [1.82, 2.24) is 4.98 Å². The summed E-state index contributed by atoms with van der Waals surface area (Å²) in [5.41, 5.74) is 5.56. The molecule has 0 saturated heterocycles. The van der Waals surface area contributed by atoms with Crippen LogP contribution in [0, 0.1) is 5.82 Å². The average Bonchev–Trinajstić information content (AvgIpc) is 2.42. The zero-order chi connectivity index (χ0) is 14.7. The summed E-state index contributed by atoms with van der Waals surface area (Å²) in [5.74, 6) is -0.831. The molecular formula is C13H10ClFN2O3. The van der Waals surface area contributed by atoms with E-state index in [9.17, 15) is 9.18 Å². The molecule has 2 rings (SSSR count). The molecule has 0 atom stereocenters. The van der Waals surface area contributed by atoms with Crippen molar-refractivity contribution in [2.45, 2.75) is 0 Å². The summed E-state index contributed by atoms with van der Waals surface area (Å²) in [6.07, 6.45) is 1.31. The third-order valence-electron chi connectivity index (χ3n) is 2.42. The van der Waals surface area contributed by atoms with Gasteiger partial charge < -0.3 is 15.2 Å². The molecule has 0 radical (unpaired) electrons. The Kier molecular flexibility index (Phi) is 4.05. The van der Waals surface area contributed by atoms with Gasteiger partial charge >= 0.3 is 5.97 Å². The Morgan fingerprint density at radius 1 is 1.40 bits per heavy atom. The van der Waals surface area contributed by atoms with Gasteiger partial charge in [-0.1, -0.05) is 11.6 Å².